The van der Waals surface area contributed by atoms with Gasteiger partial charge in [-0.25, -0.2) is 4.79 Å². The number of nitrogens with two attached hydrogens (primary N) is 1. The van der Waals surface area contributed by atoms with Crippen LogP contribution in [0.25, 0.3) is 0 Å². The summed E-state index contributed by atoms with van der Waals surface area (Å²) < 4.78 is 5.43. The van der Waals surface area contributed by atoms with Crippen LogP contribution in [-0.2, 0) is 6.61 Å². The van der Waals surface area contributed by atoms with Crippen LogP contribution in [0.3, 0.4) is 0 Å². The molecule has 0 atom stereocenters. The molecular formula is C11H10N2O3S. The van der Waals surface area contributed by atoms with Crippen molar-refractivity contribution in [2.75, 3.05) is 5.73 Å². The number of thiazole rings is 1. The Morgan fingerprint density at radius 3 is 3.00 bits per heavy atom. The Labute approximate surface area is 101 Å². The fourth-order valence-electron chi connectivity index (χ4n) is 1.30. The minimum absolute atomic E-state index is 0.0644. The monoisotopic (exact) mass is 250 g/mol. The summed E-state index contributed by atoms with van der Waals surface area (Å²) in [5.41, 5.74) is 7.68. The molecule has 2 aromatic rings. The van der Waals surface area contributed by atoms with E-state index in [0.717, 1.165) is 4.88 Å². The molecule has 1 aromatic heterocycles. The normalized spacial score (nSPS) is 10.1. The fraction of sp³-hybridized carbons (Fsp3) is 0.0909. The van der Waals surface area contributed by atoms with Crippen LogP contribution >= 0.6 is 11.3 Å². The quantitative estimate of drug-likeness (QED) is 0.810. The van der Waals surface area contributed by atoms with Crippen LogP contribution in [0.2, 0.25) is 0 Å². The highest BCUT2D eigenvalue weighted by Crippen LogP contribution is 2.23. The molecular weight excluding hydrogens is 240 g/mol. The molecule has 6 heteroatoms. The lowest BCUT2D eigenvalue weighted by Gasteiger charge is -2.08. The zero-order chi connectivity index (χ0) is 12.3. The van der Waals surface area contributed by atoms with Gasteiger partial charge in [0, 0.05) is 11.9 Å². The zero-order valence-corrected chi connectivity index (χ0v) is 9.61. The summed E-state index contributed by atoms with van der Waals surface area (Å²) >= 11 is 1.45. The van der Waals surface area contributed by atoms with Gasteiger partial charge in [0.2, 0.25) is 0 Å². The summed E-state index contributed by atoms with van der Waals surface area (Å²) in [7, 11) is 0. The summed E-state index contributed by atoms with van der Waals surface area (Å²) in [6.07, 6.45) is 1.68. The summed E-state index contributed by atoms with van der Waals surface area (Å²) in [6.45, 7) is 0.300. The summed E-state index contributed by atoms with van der Waals surface area (Å²) in [5.74, 6) is -0.753. The number of carbonyl (C=O) groups is 1. The van der Waals surface area contributed by atoms with E-state index in [-0.39, 0.29) is 5.56 Å². The van der Waals surface area contributed by atoms with E-state index in [9.17, 15) is 4.79 Å². The number of carboxylic acid groups (broad SMARTS) is 1. The molecule has 0 aliphatic rings. The molecule has 0 bridgehead atoms. The number of nitrogens with zero attached hydrogens (tertiary/aromatic N) is 1. The van der Waals surface area contributed by atoms with Crippen molar-refractivity contribution in [3.05, 3.63) is 40.3 Å². The molecule has 3 N–H and O–H groups in total. The molecule has 0 amide bonds. The molecule has 0 fully saturated rings. The van der Waals surface area contributed by atoms with Crippen LogP contribution in [0, 0.1) is 0 Å². The molecule has 0 aliphatic heterocycles. The van der Waals surface area contributed by atoms with Crippen LogP contribution < -0.4 is 10.5 Å². The number of rotatable bonds is 4. The third-order valence-corrected chi connectivity index (χ3v) is 2.84. The van der Waals surface area contributed by atoms with Gasteiger partial charge in [0.05, 0.1) is 10.4 Å². The average molecular weight is 250 g/mol. The highest BCUT2D eigenvalue weighted by molar-refractivity contribution is 7.09. The number of benzene rings is 1. The van der Waals surface area contributed by atoms with E-state index in [2.05, 4.69) is 4.98 Å². The van der Waals surface area contributed by atoms with Gasteiger partial charge >= 0.3 is 5.97 Å². The molecule has 5 nitrogen and oxygen atoms in total. The van der Waals surface area contributed by atoms with E-state index in [1.807, 2.05) is 0 Å². The predicted molar refractivity (Wildman–Crippen MR) is 64.3 cm³/mol. The SMILES string of the molecule is Nc1ccc(OCc2cncs2)c(C(=O)O)c1. The van der Waals surface area contributed by atoms with Crippen molar-refractivity contribution in [2.24, 2.45) is 0 Å². The maximum atomic E-state index is 11.0. The topological polar surface area (TPSA) is 85.4 Å². The van der Waals surface area contributed by atoms with Gasteiger partial charge in [-0.2, -0.15) is 0 Å². The second-order valence-corrected chi connectivity index (χ2v) is 4.29. The minimum Gasteiger partial charge on any atom is -0.487 e. The number of ether oxygens (including phenoxy) is 1. The largest absolute Gasteiger partial charge is 0.487 e. The lowest BCUT2D eigenvalue weighted by atomic mass is 10.2. The molecule has 0 saturated carbocycles. The van der Waals surface area contributed by atoms with Crippen molar-refractivity contribution < 1.29 is 14.6 Å². The lowest BCUT2D eigenvalue weighted by Crippen LogP contribution is -2.03. The van der Waals surface area contributed by atoms with Crippen LogP contribution in [-0.4, -0.2) is 16.1 Å². The third kappa shape index (κ3) is 2.73. The minimum atomic E-state index is -1.06. The van der Waals surface area contributed by atoms with Gasteiger partial charge in [0.25, 0.3) is 0 Å². The first-order chi connectivity index (χ1) is 8.16. The summed E-state index contributed by atoms with van der Waals surface area (Å²) in [5, 5.41) is 9.00. The number of nitrogen functional groups attached to an aromatic ring is 1. The Bertz CT molecular complexity index is 526. The van der Waals surface area contributed by atoms with E-state index in [1.165, 1.54) is 17.4 Å². The maximum Gasteiger partial charge on any atom is 0.339 e. The van der Waals surface area contributed by atoms with Gasteiger partial charge in [-0.05, 0) is 18.2 Å². The third-order valence-electron chi connectivity index (χ3n) is 2.09. The van der Waals surface area contributed by atoms with Crippen molar-refractivity contribution in [2.45, 2.75) is 6.61 Å². The number of aromatic carboxylic acids is 1. The average Bonchev–Trinajstić information content (AvgIpc) is 2.80. The molecule has 0 spiro atoms. The van der Waals surface area contributed by atoms with E-state index < -0.39 is 5.97 Å². The first-order valence-corrected chi connectivity index (χ1v) is 5.68. The number of hydrogen-bond donors (Lipinski definition) is 2. The maximum absolute atomic E-state index is 11.0. The van der Waals surface area contributed by atoms with Gasteiger partial charge < -0.3 is 15.6 Å². The molecule has 0 aliphatic carbocycles. The van der Waals surface area contributed by atoms with Crippen LogP contribution in [0.5, 0.6) is 5.75 Å². The molecule has 0 saturated heterocycles. The van der Waals surface area contributed by atoms with E-state index in [0.29, 0.717) is 18.0 Å². The first kappa shape index (κ1) is 11.4. The highest BCUT2D eigenvalue weighted by atomic mass is 32.1. The Morgan fingerprint density at radius 2 is 2.35 bits per heavy atom. The molecule has 88 valence electrons. The second-order valence-electron chi connectivity index (χ2n) is 3.32. The Hall–Kier alpha value is -2.08. The zero-order valence-electron chi connectivity index (χ0n) is 8.79. The smallest absolute Gasteiger partial charge is 0.339 e. The van der Waals surface area contributed by atoms with Crippen molar-refractivity contribution in [1.29, 1.82) is 0 Å². The summed E-state index contributed by atoms with van der Waals surface area (Å²) in [6, 6.07) is 4.54. The van der Waals surface area contributed by atoms with Gasteiger partial charge in [0.1, 0.15) is 17.9 Å². The van der Waals surface area contributed by atoms with Crippen molar-refractivity contribution in [1.82, 2.24) is 4.98 Å². The van der Waals surface area contributed by atoms with Crippen LogP contribution in [0.1, 0.15) is 15.2 Å². The van der Waals surface area contributed by atoms with E-state index >= 15 is 0 Å². The molecule has 0 unspecified atom stereocenters. The summed E-state index contributed by atoms with van der Waals surface area (Å²) in [4.78, 5) is 15.8. The predicted octanol–water partition coefficient (Wildman–Crippen LogP) is 2.00. The van der Waals surface area contributed by atoms with E-state index in [1.54, 1.807) is 23.8 Å². The number of anilines is 1. The lowest BCUT2D eigenvalue weighted by molar-refractivity contribution is 0.0692. The Balaban J connectivity index is 2.17. The van der Waals surface area contributed by atoms with Crippen molar-refractivity contribution >= 4 is 23.0 Å². The van der Waals surface area contributed by atoms with Crippen molar-refractivity contribution in [3.8, 4) is 5.75 Å². The van der Waals surface area contributed by atoms with E-state index in [4.69, 9.17) is 15.6 Å². The molecule has 1 aromatic carbocycles. The first-order valence-electron chi connectivity index (χ1n) is 4.80. The van der Waals surface area contributed by atoms with Gasteiger partial charge in [-0.1, -0.05) is 0 Å². The van der Waals surface area contributed by atoms with Gasteiger partial charge in [-0.15, -0.1) is 11.3 Å². The number of hydrogen-bond acceptors (Lipinski definition) is 5. The number of aromatic nitrogens is 1. The molecule has 17 heavy (non-hydrogen) atoms. The fourth-order valence-corrected chi connectivity index (χ4v) is 1.81. The van der Waals surface area contributed by atoms with Crippen LogP contribution in [0.15, 0.2) is 29.9 Å². The number of carboxylic acids is 1. The molecule has 2 rings (SSSR count). The van der Waals surface area contributed by atoms with Crippen LogP contribution in [0.4, 0.5) is 5.69 Å². The highest BCUT2D eigenvalue weighted by Gasteiger charge is 2.11. The van der Waals surface area contributed by atoms with Gasteiger partial charge in [-0.3, -0.25) is 4.98 Å². The second kappa shape index (κ2) is 4.84. The van der Waals surface area contributed by atoms with Gasteiger partial charge in [0.15, 0.2) is 0 Å². The Morgan fingerprint density at radius 1 is 1.53 bits per heavy atom. The standard InChI is InChI=1S/C11H10N2O3S/c12-7-1-2-10(9(3-7)11(14)15)16-5-8-4-13-6-17-8/h1-4,6H,5,12H2,(H,14,15). The molecule has 1 heterocycles. The Kier molecular flexibility index (Phi) is 3.24. The van der Waals surface area contributed by atoms with Crippen molar-refractivity contribution in [3.63, 3.8) is 0 Å². The molecule has 0 radical (unpaired) electrons.